The van der Waals surface area contributed by atoms with Crippen LogP contribution < -0.4 is 15.7 Å². The highest BCUT2D eigenvalue weighted by Crippen LogP contribution is 2.14. The van der Waals surface area contributed by atoms with Crippen molar-refractivity contribution in [1.82, 2.24) is 4.68 Å². The molecule has 1 heterocycles. The summed E-state index contributed by atoms with van der Waals surface area (Å²) in [6.07, 6.45) is 1.59. The summed E-state index contributed by atoms with van der Waals surface area (Å²) in [6.45, 7) is 0.322. The first-order chi connectivity index (χ1) is 9.22. The van der Waals surface area contributed by atoms with Crippen LogP contribution in [0.25, 0.3) is 0 Å². The number of rotatable bonds is 5. The normalized spacial score (nSPS) is 9.95. The van der Waals surface area contributed by atoms with Gasteiger partial charge in [-0.15, -0.1) is 4.91 Å². The number of nitroso groups, excluding NO2 is 1. The van der Waals surface area contributed by atoms with Crippen molar-refractivity contribution in [1.29, 1.82) is 0 Å². The molecule has 0 aliphatic heterocycles. The molecule has 0 radical (unpaired) electrons. The zero-order chi connectivity index (χ0) is 13.7. The molecule has 6 heteroatoms. The number of benzene rings is 1. The predicted molar refractivity (Wildman–Crippen MR) is 72.2 cm³/mol. The Bertz CT molecular complexity index is 620. The number of nitrogens with one attached hydrogen (secondary N) is 1. The first kappa shape index (κ1) is 12.8. The lowest BCUT2D eigenvalue weighted by molar-refractivity contribution is 0.305. The molecule has 6 nitrogen and oxygen atoms in total. The highest BCUT2D eigenvalue weighted by atomic mass is 16.5. The molecule has 2 aromatic rings. The average Bonchev–Trinajstić information content (AvgIpc) is 2.46. The number of nitrogens with zero attached hydrogens (tertiary/aromatic N) is 2. The summed E-state index contributed by atoms with van der Waals surface area (Å²) in [4.78, 5) is 21.8. The Morgan fingerprint density at radius 1 is 1.26 bits per heavy atom. The Hall–Kier alpha value is -2.63. The van der Waals surface area contributed by atoms with Crippen LogP contribution >= 0.6 is 0 Å². The highest BCUT2D eigenvalue weighted by molar-refractivity contribution is 5.38. The van der Waals surface area contributed by atoms with Gasteiger partial charge in [0, 0.05) is 19.3 Å². The van der Waals surface area contributed by atoms with Crippen LogP contribution in [0.15, 0.2) is 52.6 Å². The van der Waals surface area contributed by atoms with Gasteiger partial charge in [0.2, 0.25) is 0 Å². The van der Waals surface area contributed by atoms with Crippen molar-refractivity contribution >= 4 is 5.69 Å². The van der Waals surface area contributed by atoms with Gasteiger partial charge in [0.05, 0.1) is 0 Å². The fraction of sp³-hybridized carbons (Fsp3) is 0.154. The zero-order valence-electron chi connectivity index (χ0n) is 10.4. The van der Waals surface area contributed by atoms with Crippen LogP contribution in [0.2, 0.25) is 0 Å². The molecular formula is C13H13N3O3. The van der Waals surface area contributed by atoms with Crippen LogP contribution in [0.1, 0.15) is 5.56 Å². The SMILES string of the molecule is CNn1ccc(OCc2ccc(N=O)cc2)cc1=O. The quantitative estimate of drug-likeness (QED) is 0.833. The van der Waals surface area contributed by atoms with Crippen molar-refractivity contribution in [2.24, 2.45) is 5.18 Å². The molecule has 0 spiro atoms. The molecule has 0 unspecified atom stereocenters. The van der Waals surface area contributed by atoms with Gasteiger partial charge in [0.1, 0.15) is 18.0 Å². The maximum absolute atomic E-state index is 11.5. The van der Waals surface area contributed by atoms with E-state index in [1.54, 1.807) is 43.6 Å². The second kappa shape index (κ2) is 5.81. The Morgan fingerprint density at radius 3 is 2.58 bits per heavy atom. The molecule has 1 aromatic carbocycles. The summed E-state index contributed by atoms with van der Waals surface area (Å²) in [6, 6.07) is 9.84. The summed E-state index contributed by atoms with van der Waals surface area (Å²) in [7, 11) is 1.66. The number of hydrogen-bond donors (Lipinski definition) is 1. The molecule has 0 saturated heterocycles. The van der Waals surface area contributed by atoms with E-state index in [0.29, 0.717) is 18.0 Å². The minimum atomic E-state index is -0.194. The predicted octanol–water partition coefficient (Wildman–Crippen LogP) is 2.00. The van der Waals surface area contributed by atoms with Gasteiger partial charge < -0.3 is 10.2 Å². The Labute approximate surface area is 109 Å². The van der Waals surface area contributed by atoms with E-state index < -0.39 is 0 Å². The van der Waals surface area contributed by atoms with Gasteiger partial charge in [0.25, 0.3) is 5.56 Å². The molecule has 98 valence electrons. The third-order valence-electron chi connectivity index (χ3n) is 2.58. The second-order valence-electron chi connectivity index (χ2n) is 3.84. The zero-order valence-corrected chi connectivity index (χ0v) is 10.4. The summed E-state index contributed by atoms with van der Waals surface area (Å²) in [5, 5.41) is 2.82. The van der Waals surface area contributed by atoms with Crippen molar-refractivity contribution < 1.29 is 4.74 Å². The fourth-order valence-corrected chi connectivity index (χ4v) is 1.56. The van der Waals surface area contributed by atoms with Gasteiger partial charge in [0.15, 0.2) is 0 Å². The molecule has 0 bridgehead atoms. The molecule has 19 heavy (non-hydrogen) atoms. The van der Waals surface area contributed by atoms with E-state index in [9.17, 15) is 9.70 Å². The molecule has 0 amide bonds. The number of ether oxygens (including phenoxy) is 1. The summed E-state index contributed by atoms with van der Waals surface area (Å²) < 4.78 is 6.84. The van der Waals surface area contributed by atoms with Crippen molar-refractivity contribution in [2.45, 2.75) is 6.61 Å². The van der Waals surface area contributed by atoms with Gasteiger partial charge in [-0.05, 0) is 28.9 Å². The average molecular weight is 259 g/mol. The van der Waals surface area contributed by atoms with Crippen LogP contribution in [0.5, 0.6) is 5.75 Å². The van der Waals surface area contributed by atoms with Gasteiger partial charge in [-0.3, -0.25) is 4.79 Å². The molecule has 2 rings (SSSR count). The Morgan fingerprint density at radius 2 is 2.00 bits per heavy atom. The smallest absolute Gasteiger partial charge is 0.272 e. The van der Waals surface area contributed by atoms with Crippen molar-refractivity contribution in [2.75, 3.05) is 12.5 Å². The Kier molecular flexibility index (Phi) is 3.92. The third kappa shape index (κ3) is 3.19. The molecular weight excluding hydrogens is 246 g/mol. The van der Waals surface area contributed by atoms with E-state index in [0.717, 1.165) is 5.56 Å². The molecule has 1 aromatic heterocycles. The first-order valence-electron chi connectivity index (χ1n) is 5.68. The van der Waals surface area contributed by atoms with E-state index in [-0.39, 0.29) is 5.56 Å². The number of pyridine rings is 1. The Balaban J connectivity index is 2.03. The van der Waals surface area contributed by atoms with Gasteiger partial charge in [-0.25, -0.2) is 4.68 Å². The maximum atomic E-state index is 11.5. The fourth-order valence-electron chi connectivity index (χ4n) is 1.56. The van der Waals surface area contributed by atoms with Crippen molar-refractivity contribution in [3.63, 3.8) is 0 Å². The first-order valence-corrected chi connectivity index (χ1v) is 5.68. The summed E-state index contributed by atoms with van der Waals surface area (Å²) >= 11 is 0. The maximum Gasteiger partial charge on any atom is 0.272 e. The van der Waals surface area contributed by atoms with Gasteiger partial charge in [-0.2, -0.15) is 0 Å². The standard InChI is InChI=1S/C13H13N3O3/c1-14-16-7-6-12(8-13(16)17)19-9-10-2-4-11(15-18)5-3-10/h2-8,14H,9H2,1H3. The summed E-state index contributed by atoms with van der Waals surface area (Å²) in [5.41, 5.74) is 3.79. The number of aromatic nitrogens is 1. The minimum Gasteiger partial charge on any atom is -0.489 e. The van der Waals surface area contributed by atoms with Crippen LogP contribution in [-0.2, 0) is 6.61 Å². The molecule has 0 saturated carbocycles. The largest absolute Gasteiger partial charge is 0.489 e. The number of hydrogen-bond acceptors (Lipinski definition) is 5. The topological polar surface area (TPSA) is 72.7 Å². The molecule has 0 aliphatic rings. The van der Waals surface area contributed by atoms with Crippen LogP contribution in [0.3, 0.4) is 0 Å². The third-order valence-corrected chi connectivity index (χ3v) is 2.58. The highest BCUT2D eigenvalue weighted by Gasteiger charge is 2.00. The van der Waals surface area contributed by atoms with E-state index in [1.807, 2.05) is 0 Å². The van der Waals surface area contributed by atoms with Crippen molar-refractivity contribution in [3.05, 3.63) is 63.4 Å². The van der Waals surface area contributed by atoms with E-state index in [4.69, 9.17) is 4.74 Å². The van der Waals surface area contributed by atoms with Crippen molar-refractivity contribution in [3.8, 4) is 5.75 Å². The second-order valence-corrected chi connectivity index (χ2v) is 3.84. The van der Waals surface area contributed by atoms with Crippen LogP contribution in [0.4, 0.5) is 5.69 Å². The van der Waals surface area contributed by atoms with Crippen LogP contribution in [-0.4, -0.2) is 11.7 Å². The van der Waals surface area contributed by atoms with E-state index >= 15 is 0 Å². The molecule has 0 atom stereocenters. The summed E-state index contributed by atoms with van der Waals surface area (Å²) in [5.74, 6) is 0.495. The van der Waals surface area contributed by atoms with E-state index in [2.05, 4.69) is 10.6 Å². The lowest BCUT2D eigenvalue weighted by atomic mass is 10.2. The van der Waals surface area contributed by atoms with Crippen LogP contribution in [0, 0.1) is 4.91 Å². The lowest BCUT2D eigenvalue weighted by Crippen LogP contribution is -2.24. The molecule has 0 fully saturated rings. The van der Waals surface area contributed by atoms with E-state index in [1.165, 1.54) is 10.7 Å². The van der Waals surface area contributed by atoms with Gasteiger partial charge >= 0.3 is 0 Å². The molecule has 1 N–H and O–H groups in total. The monoisotopic (exact) mass is 259 g/mol. The van der Waals surface area contributed by atoms with Gasteiger partial charge in [-0.1, -0.05) is 12.1 Å². The molecule has 0 aliphatic carbocycles. The lowest BCUT2D eigenvalue weighted by Gasteiger charge is -2.08. The minimum absolute atomic E-state index is 0.194.